The first-order chi connectivity index (χ1) is 19.7. The Hall–Kier alpha value is -2.65. The summed E-state index contributed by atoms with van der Waals surface area (Å²) in [5.74, 6) is -1.24. The number of nitrogens with zero attached hydrogens (tertiary/aromatic N) is 2. The van der Waals surface area contributed by atoms with Gasteiger partial charge in [0.05, 0.1) is 0 Å². The zero-order valence-electron chi connectivity index (χ0n) is 24.9. The summed E-state index contributed by atoms with van der Waals surface area (Å²) in [5, 5.41) is 5.81. The van der Waals surface area contributed by atoms with Crippen molar-refractivity contribution in [1.29, 1.82) is 0 Å². The number of carbonyl (C=O) groups is 4. The first-order valence-electron chi connectivity index (χ1n) is 13.8. The standard InChI is InChI=1S/C20H31N5O5S.C7H7.C2H6.Pb/c1-5-6-14(24-16(26)10-22-11-17(27)30-4)20(29)23-9-13-7-8-15(31-13)18(21)25-19(28)12(2)3;1-7-5-3-2-4-6-7;1-2;/h7-8,12,14,22H,5-6,9-11H2,1-4H3,(H4,21,23,24,25,26,28,29);2-6H,1H2;1-2H3;/q;;;+1/p-1. The molecule has 1 unspecified atom stereocenters. The van der Waals surface area contributed by atoms with Gasteiger partial charge in [0.25, 0.3) is 0 Å². The molecule has 0 spiro atoms. The van der Waals surface area contributed by atoms with E-state index in [1.807, 2.05) is 57.2 Å². The van der Waals surface area contributed by atoms with Crippen molar-refractivity contribution >= 4 is 65.4 Å². The van der Waals surface area contributed by atoms with E-state index in [1.54, 1.807) is 22.6 Å². The summed E-state index contributed by atoms with van der Waals surface area (Å²) < 4.78 is 7.19. The number of amides is 3. The molecule has 12 heteroatoms. The van der Waals surface area contributed by atoms with Gasteiger partial charge in [-0.3, -0.25) is 0 Å². The Morgan fingerprint density at radius 2 is 1.76 bits per heavy atom. The Labute approximate surface area is 260 Å². The summed E-state index contributed by atoms with van der Waals surface area (Å²) in [5.41, 5.74) is 7.13. The van der Waals surface area contributed by atoms with Crippen molar-refractivity contribution in [2.45, 2.75) is 64.0 Å². The Balaban J connectivity index is 0.00000411. The molecule has 10 nitrogen and oxygen atoms in total. The van der Waals surface area contributed by atoms with Crippen molar-refractivity contribution in [2.24, 2.45) is 16.6 Å². The summed E-state index contributed by atoms with van der Waals surface area (Å²) in [6.45, 7) is 9.64. The van der Waals surface area contributed by atoms with Crippen LogP contribution in [-0.4, -0.2) is 83.0 Å². The Kier molecular flexibility index (Phi) is 18.0. The Bertz CT molecular complexity index is 1140. The predicted molar refractivity (Wildman–Crippen MR) is 164 cm³/mol. The van der Waals surface area contributed by atoms with Crippen LogP contribution in [0.3, 0.4) is 0 Å². The molecule has 3 amide bonds. The van der Waals surface area contributed by atoms with Crippen molar-refractivity contribution in [1.82, 2.24) is 13.3 Å². The first-order valence-corrected chi connectivity index (χ1v) is 19.1. The third kappa shape index (κ3) is 13.3. The number of carbonyl (C=O) groups excluding carboxylic acids is 4. The second-order valence-electron chi connectivity index (χ2n) is 9.04. The molecular weight excluding hydrogens is 738 g/mol. The maximum atomic E-state index is 13.4. The SMILES string of the molecule is CC.CCCC(C(=O)NCc1ccc(C(N)=NC(=O)C(C)C)s1)[N]([Pb][CH2]c1ccccc1)C(=O)CNCC(=O)OC. The number of hydrogen-bond acceptors (Lipinski definition) is 7. The van der Waals surface area contributed by atoms with Crippen LogP contribution < -0.4 is 16.4 Å². The van der Waals surface area contributed by atoms with Gasteiger partial charge in [0, 0.05) is 0 Å². The maximum absolute atomic E-state index is 13.4. The second-order valence-corrected chi connectivity index (χ2v) is 14.7. The average Bonchev–Trinajstić information content (AvgIpc) is 3.46. The van der Waals surface area contributed by atoms with Crippen LogP contribution in [0.1, 0.15) is 62.8 Å². The molecule has 2 aromatic rings. The molecular formula is C29H43N5O5PbS. The molecule has 0 aliphatic heterocycles. The average molecular weight is 781 g/mol. The molecule has 1 atom stereocenters. The number of benzene rings is 1. The molecule has 0 fully saturated rings. The number of esters is 1. The molecule has 0 bridgehead atoms. The number of ether oxygens (including phenoxy) is 1. The molecule has 1 heterocycles. The van der Waals surface area contributed by atoms with Gasteiger partial charge in [0.2, 0.25) is 0 Å². The number of nitrogens with two attached hydrogens (primary N) is 1. The van der Waals surface area contributed by atoms with Crippen molar-refractivity contribution in [3.05, 3.63) is 57.8 Å². The Morgan fingerprint density at radius 1 is 1.07 bits per heavy atom. The van der Waals surface area contributed by atoms with E-state index >= 15 is 0 Å². The second kappa shape index (κ2) is 20.3. The van der Waals surface area contributed by atoms with Gasteiger partial charge in [-0.2, -0.15) is 0 Å². The van der Waals surface area contributed by atoms with Crippen LogP contribution in [0.2, 0.25) is 0 Å². The van der Waals surface area contributed by atoms with E-state index in [9.17, 15) is 19.2 Å². The van der Waals surface area contributed by atoms with Gasteiger partial charge in [-0.25, -0.2) is 0 Å². The van der Waals surface area contributed by atoms with Crippen molar-refractivity contribution in [2.75, 3.05) is 20.2 Å². The van der Waals surface area contributed by atoms with Crippen LogP contribution in [0.25, 0.3) is 0 Å². The molecule has 1 aromatic carbocycles. The Morgan fingerprint density at radius 3 is 2.37 bits per heavy atom. The fourth-order valence-electron chi connectivity index (χ4n) is 3.43. The van der Waals surface area contributed by atoms with Crippen molar-refractivity contribution in [3.8, 4) is 0 Å². The van der Waals surface area contributed by atoms with Gasteiger partial charge in [-0.1, -0.05) is 27.7 Å². The van der Waals surface area contributed by atoms with E-state index < -0.39 is 36.5 Å². The molecule has 0 aliphatic carbocycles. The topological polar surface area (TPSA) is 143 Å². The zero-order chi connectivity index (χ0) is 30.8. The quantitative estimate of drug-likeness (QED) is 0.109. The van der Waals surface area contributed by atoms with E-state index in [1.165, 1.54) is 18.4 Å². The van der Waals surface area contributed by atoms with Crippen LogP contribution >= 0.6 is 11.3 Å². The van der Waals surface area contributed by atoms with Crippen molar-refractivity contribution < 1.29 is 23.9 Å². The van der Waals surface area contributed by atoms with Gasteiger partial charge in [-0.15, -0.1) is 0 Å². The number of thiophene rings is 1. The number of methoxy groups -OCH3 is 1. The van der Waals surface area contributed by atoms with Gasteiger partial charge < -0.3 is 0 Å². The number of hydrogen-bond donors (Lipinski definition) is 3. The number of amidine groups is 1. The molecule has 2 rings (SSSR count). The van der Waals surface area contributed by atoms with Gasteiger partial charge >= 0.3 is 234 Å². The number of nitrogens with one attached hydrogen (secondary N) is 2. The van der Waals surface area contributed by atoms with E-state index in [2.05, 4.69) is 20.4 Å². The molecule has 0 aliphatic rings. The third-order valence-electron chi connectivity index (χ3n) is 5.59. The van der Waals surface area contributed by atoms with Gasteiger partial charge in [0.15, 0.2) is 0 Å². The molecule has 1 aromatic heterocycles. The van der Waals surface area contributed by atoms with Crippen LogP contribution in [0, 0.1) is 5.92 Å². The molecule has 0 saturated heterocycles. The molecule has 4 N–H and O–H groups in total. The monoisotopic (exact) mass is 781 g/mol. The predicted octanol–water partition coefficient (Wildman–Crippen LogP) is 2.86. The van der Waals surface area contributed by atoms with Crippen molar-refractivity contribution in [3.63, 3.8) is 0 Å². The first kappa shape index (κ1) is 36.4. The molecule has 2 radical (unpaired) electrons. The summed E-state index contributed by atoms with van der Waals surface area (Å²) in [7, 11) is 1.29. The summed E-state index contributed by atoms with van der Waals surface area (Å²) in [6.07, 6.45) is 1.26. The normalized spacial score (nSPS) is 11.7. The fraction of sp³-hybridized carbons (Fsp3) is 0.483. The molecule has 224 valence electrons. The zero-order valence-corrected chi connectivity index (χ0v) is 29.6. The van der Waals surface area contributed by atoms with E-state index in [0.717, 1.165) is 20.8 Å². The van der Waals surface area contributed by atoms with Crippen LogP contribution in [0.4, 0.5) is 0 Å². The van der Waals surface area contributed by atoms with E-state index in [-0.39, 0.29) is 49.1 Å². The summed E-state index contributed by atoms with van der Waals surface area (Å²) in [6, 6.07) is 12.9. The minimum absolute atomic E-state index is 0.0492. The number of aliphatic imine (C=N–C) groups is 1. The third-order valence-corrected chi connectivity index (χ3v) is 12.4. The van der Waals surface area contributed by atoms with E-state index in [0.29, 0.717) is 11.3 Å². The van der Waals surface area contributed by atoms with Crippen LogP contribution in [0.5, 0.6) is 0 Å². The van der Waals surface area contributed by atoms with Crippen LogP contribution in [0.15, 0.2) is 47.5 Å². The van der Waals surface area contributed by atoms with E-state index in [4.69, 9.17) is 5.73 Å². The van der Waals surface area contributed by atoms with Crippen LogP contribution in [-0.2, 0) is 34.4 Å². The molecule has 0 saturated carbocycles. The summed E-state index contributed by atoms with van der Waals surface area (Å²) in [4.78, 5) is 55.5. The van der Waals surface area contributed by atoms with Gasteiger partial charge in [-0.05, 0) is 0 Å². The number of rotatable bonds is 15. The fourth-order valence-corrected chi connectivity index (χ4v) is 9.37. The summed E-state index contributed by atoms with van der Waals surface area (Å²) >= 11 is -0.440. The molecule has 41 heavy (non-hydrogen) atoms. The minimum atomic E-state index is -1.79. The van der Waals surface area contributed by atoms with Gasteiger partial charge in [0.1, 0.15) is 0 Å².